The molecule has 25 heavy (non-hydrogen) atoms. The van der Waals surface area contributed by atoms with E-state index in [4.69, 9.17) is 4.42 Å². The standard InChI is InChI=1S/C18H21N3O4/c1-19-18(24)14(20-11-22)6-7-17(23)21-9-8-13-12-4-2-3-5-15(12)25-16(13)10-21/h2-5,11,14H,6-10H2,1H3,(H,19,24)(H,20,22). The summed E-state index contributed by atoms with van der Waals surface area (Å²) in [6.07, 6.45) is 1.69. The molecule has 1 unspecified atom stereocenters. The fraction of sp³-hybridized carbons (Fsp3) is 0.389. The molecule has 0 fully saturated rings. The van der Waals surface area contributed by atoms with Gasteiger partial charge in [0.1, 0.15) is 17.4 Å². The number of amides is 3. The zero-order valence-corrected chi connectivity index (χ0v) is 14.1. The molecule has 0 radical (unpaired) electrons. The number of carbonyl (C=O) groups is 3. The third-order valence-electron chi connectivity index (χ3n) is 4.58. The Bertz CT molecular complexity index is 799. The van der Waals surface area contributed by atoms with E-state index in [0.29, 0.717) is 19.5 Å². The van der Waals surface area contributed by atoms with Crippen molar-refractivity contribution in [2.75, 3.05) is 13.6 Å². The lowest BCUT2D eigenvalue weighted by Gasteiger charge is -2.26. The predicted octanol–water partition coefficient (Wildman–Crippen LogP) is 0.958. The van der Waals surface area contributed by atoms with Crippen molar-refractivity contribution in [3.63, 3.8) is 0 Å². The van der Waals surface area contributed by atoms with Crippen LogP contribution in [0.15, 0.2) is 28.7 Å². The van der Waals surface area contributed by atoms with Crippen LogP contribution in [0.4, 0.5) is 0 Å². The first kappa shape index (κ1) is 17.0. The minimum Gasteiger partial charge on any atom is -0.459 e. The fourth-order valence-electron chi connectivity index (χ4n) is 3.24. The number of benzene rings is 1. The van der Waals surface area contributed by atoms with Gasteiger partial charge >= 0.3 is 0 Å². The minimum atomic E-state index is -0.696. The van der Waals surface area contributed by atoms with Crippen molar-refractivity contribution in [1.82, 2.24) is 15.5 Å². The van der Waals surface area contributed by atoms with Crippen LogP contribution in [0.2, 0.25) is 0 Å². The molecule has 7 nitrogen and oxygen atoms in total. The largest absolute Gasteiger partial charge is 0.459 e. The van der Waals surface area contributed by atoms with Crippen LogP contribution in [0.5, 0.6) is 0 Å². The lowest BCUT2D eigenvalue weighted by Crippen LogP contribution is -2.43. The molecule has 1 aromatic carbocycles. The van der Waals surface area contributed by atoms with Gasteiger partial charge in [-0.05, 0) is 18.9 Å². The van der Waals surface area contributed by atoms with Gasteiger partial charge in [-0.1, -0.05) is 18.2 Å². The number of furan rings is 1. The summed E-state index contributed by atoms with van der Waals surface area (Å²) in [6, 6.07) is 7.18. The van der Waals surface area contributed by atoms with E-state index in [0.717, 1.165) is 23.2 Å². The van der Waals surface area contributed by atoms with Crippen molar-refractivity contribution < 1.29 is 18.8 Å². The molecule has 0 saturated carbocycles. The molecule has 132 valence electrons. The number of nitrogens with one attached hydrogen (secondary N) is 2. The second-order valence-corrected chi connectivity index (χ2v) is 6.06. The molecule has 1 aliphatic heterocycles. The molecule has 3 rings (SSSR count). The second kappa shape index (κ2) is 7.38. The molecular formula is C18H21N3O4. The van der Waals surface area contributed by atoms with E-state index in [1.807, 2.05) is 24.3 Å². The Hall–Kier alpha value is -2.83. The molecule has 7 heteroatoms. The number of likely N-dealkylation sites (N-methyl/N-ethyl adjacent to an activating group) is 1. The highest BCUT2D eigenvalue weighted by molar-refractivity contribution is 5.85. The Morgan fingerprint density at radius 1 is 1.36 bits per heavy atom. The van der Waals surface area contributed by atoms with Crippen LogP contribution < -0.4 is 10.6 Å². The van der Waals surface area contributed by atoms with Gasteiger partial charge in [-0.2, -0.15) is 0 Å². The van der Waals surface area contributed by atoms with Crippen LogP contribution in [0.3, 0.4) is 0 Å². The number of hydrogen-bond acceptors (Lipinski definition) is 4. The number of hydrogen-bond donors (Lipinski definition) is 2. The highest BCUT2D eigenvalue weighted by Gasteiger charge is 2.26. The molecule has 0 aliphatic carbocycles. The smallest absolute Gasteiger partial charge is 0.242 e. The average molecular weight is 343 g/mol. The molecule has 1 atom stereocenters. The van der Waals surface area contributed by atoms with Gasteiger partial charge < -0.3 is 20.0 Å². The van der Waals surface area contributed by atoms with Gasteiger partial charge in [0.15, 0.2) is 0 Å². The molecule has 0 spiro atoms. The van der Waals surface area contributed by atoms with Crippen molar-refractivity contribution in [2.45, 2.75) is 31.8 Å². The third kappa shape index (κ3) is 3.50. The van der Waals surface area contributed by atoms with Crippen molar-refractivity contribution >= 4 is 29.2 Å². The third-order valence-corrected chi connectivity index (χ3v) is 4.58. The van der Waals surface area contributed by atoms with Gasteiger partial charge in [0.2, 0.25) is 18.2 Å². The Balaban J connectivity index is 1.64. The highest BCUT2D eigenvalue weighted by Crippen LogP contribution is 2.30. The van der Waals surface area contributed by atoms with Gasteiger partial charge in [-0.25, -0.2) is 0 Å². The van der Waals surface area contributed by atoms with Crippen molar-refractivity contribution in [2.24, 2.45) is 0 Å². The second-order valence-electron chi connectivity index (χ2n) is 6.06. The topological polar surface area (TPSA) is 91.7 Å². The van der Waals surface area contributed by atoms with Crippen molar-refractivity contribution in [3.8, 4) is 0 Å². The summed E-state index contributed by atoms with van der Waals surface area (Å²) in [6.45, 7) is 1.07. The molecule has 0 bridgehead atoms. The van der Waals surface area contributed by atoms with E-state index >= 15 is 0 Å². The Labute approximate surface area is 145 Å². The summed E-state index contributed by atoms with van der Waals surface area (Å²) >= 11 is 0. The van der Waals surface area contributed by atoms with Crippen molar-refractivity contribution in [1.29, 1.82) is 0 Å². The number of para-hydroxylation sites is 1. The Morgan fingerprint density at radius 3 is 2.92 bits per heavy atom. The molecular weight excluding hydrogens is 322 g/mol. The van der Waals surface area contributed by atoms with Crippen LogP contribution in [0.25, 0.3) is 11.0 Å². The molecule has 0 saturated heterocycles. The summed E-state index contributed by atoms with van der Waals surface area (Å²) in [5, 5.41) is 6.03. The van der Waals surface area contributed by atoms with Crippen LogP contribution in [-0.2, 0) is 27.3 Å². The average Bonchev–Trinajstić information content (AvgIpc) is 3.01. The number of fused-ring (bicyclic) bond motifs is 3. The molecule has 1 aliphatic rings. The van der Waals surface area contributed by atoms with E-state index in [-0.39, 0.29) is 24.7 Å². The van der Waals surface area contributed by atoms with E-state index in [1.165, 1.54) is 12.6 Å². The van der Waals surface area contributed by atoms with Crippen LogP contribution in [0, 0.1) is 0 Å². The first-order chi connectivity index (χ1) is 12.1. The van der Waals surface area contributed by atoms with Gasteiger partial charge in [0.25, 0.3) is 0 Å². The Kier molecular flexibility index (Phi) is 5.02. The van der Waals surface area contributed by atoms with E-state index in [9.17, 15) is 14.4 Å². The molecule has 1 aromatic heterocycles. The molecule has 2 N–H and O–H groups in total. The van der Waals surface area contributed by atoms with E-state index in [2.05, 4.69) is 10.6 Å². The lowest BCUT2D eigenvalue weighted by atomic mass is 10.0. The SMILES string of the molecule is CNC(=O)C(CCC(=O)N1CCc2c(oc3ccccc23)C1)NC=O. The van der Waals surface area contributed by atoms with Gasteiger partial charge in [0.05, 0.1) is 6.54 Å². The monoisotopic (exact) mass is 343 g/mol. The quantitative estimate of drug-likeness (QED) is 0.764. The molecule has 2 heterocycles. The first-order valence-electron chi connectivity index (χ1n) is 8.32. The maximum absolute atomic E-state index is 12.5. The number of rotatable bonds is 6. The fourth-order valence-corrected chi connectivity index (χ4v) is 3.24. The van der Waals surface area contributed by atoms with Crippen LogP contribution >= 0.6 is 0 Å². The predicted molar refractivity (Wildman–Crippen MR) is 91.6 cm³/mol. The van der Waals surface area contributed by atoms with Crippen LogP contribution in [-0.4, -0.2) is 42.8 Å². The lowest BCUT2D eigenvalue weighted by molar-refractivity contribution is -0.133. The number of nitrogens with zero attached hydrogens (tertiary/aromatic N) is 1. The zero-order chi connectivity index (χ0) is 17.8. The van der Waals surface area contributed by atoms with Gasteiger partial charge in [0, 0.05) is 31.0 Å². The minimum absolute atomic E-state index is 0.0484. The van der Waals surface area contributed by atoms with Crippen LogP contribution in [0.1, 0.15) is 24.2 Å². The van der Waals surface area contributed by atoms with Crippen molar-refractivity contribution in [3.05, 3.63) is 35.6 Å². The normalized spacial score (nSPS) is 14.7. The first-order valence-corrected chi connectivity index (χ1v) is 8.32. The Morgan fingerprint density at radius 2 is 2.16 bits per heavy atom. The number of carbonyl (C=O) groups excluding carboxylic acids is 3. The molecule has 3 amide bonds. The summed E-state index contributed by atoms with van der Waals surface area (Å²) < 4.78 is 5.87. The summed E-state index contributed by atoms with van der Waals surface area (Å²) in [5.41, 5.74) is 2.02. The van der Waals surface area contributed by atoms with E-state index in [1.54, 1.807) is 4.90 Å². The van der Waals surface area contributed by atoms with Gasteiger partial charge in [-0.3, -0.25) is 14.4 Å². The summed E-state index contributed by atoms with van der Waals surface area (Å²) in [4.78, 5) is 36.5. The highest BCUT2D eigenvalue weighted by atomic mass is 16.3. The molecule has 2 aromatic rings. The van der Waals surface area contributed by atoms with E-state index < -0.39 is 6.04 Å². The maximum Gasteiger partial charge on any atom is 0.242 e. The summed E-state index contributed by atoms with van der Waals surface area (Å²) in [5.74, 6) is 0.473. The van der Waals surface area contributed by atoms with Gasteiger partial charge in [-0.15, -0.1) is 0 Å². The maximum atomic E-state index is 12.5. The summed E-state index contributed by atoms with van der Waals surface area (Å²) in [7, 11) is 1.50. The zero-order valence-electron chi connectivity index (χ0n) is 14.1.